The number of ether oxygens (including phenoxy) is 2. The van der Waals surface area contributed by atoms with Crippen LogP contribution in [0.4, 0.5) is 0 Å². The van der Waals surface area contributed by atoms with Crippen LogP contribution < -0.4 is 4.74 Å². The minimum atomic E-state index is -0.0964. The average molecular weight is 289 g/mol. The molecule has 5 heteroatoms. The van der Waals surface area contributed by atoms with E-state index in [4.69, 9.17) is 9.47 Å². The fourth-order valence-electron chi connectivity index (χ4n) is 1.84. The zero-order chi connectivity index (χ0) is 13.9. The molecule has 0 unspecified atom stereocenters. The number of hydrogen-bond acceptors (Lipinski definition) is 5. The van der Waals surface area contributed by atoms with Gasteiger partial charge < -0.3 is 9.47 Å². The van der Waals surface area contributed by atoms with Gasteiger partial charge in [-0.05, 0) is 25.0 Å². The number of esters is 1. The molecule has 4 nitrogen and oxygen atoms in total. The Morgan fingerprint density at radius 2 is 2.30 bits per heavy atom. The molecule has 0 N–H and O–H groups in total. The number of hydrogen-bond donors (Lipinski definition) is 0. The van der Waals surface area contributed by atoms with Crippen molar-refractivity contribution < 1.29 is 14.3 Å². The Labute approximate surface area is 121 Å². The average Bonchev–Trinajstić information content (AvgIpc) is 3.23. The minimum absolute atomic E-state index is 0.0964. The van der Waals surface area contributed by atoms with Gasteiger partial charge in [0.2, 0.25) is 0 Å². The van der Waals surface area contributed by atoms with Crippen molar-refractivity contribution in [1.29, 1.82) is 0 Å². The van der Waals surface area contributed by atoms with E-state index in [9.17, 15) is 4.79 Å². The standard InChI is InChI=1S/C15H15NO3S/c1-18-13-4-2-3-11(7-13)14-16-12(9-20-14)8-19-15(17)10-5-6-10/h2-4,7,9-10H,5-6,8H2,1H3. The van der Waals surface area contributed by atoms with E-state index in [0.29, 0.717) is 0 Å². The Hall–Kier alpha value is -1.88. The van der Waals surface area contributed by atoms with E-state index in [1.54, 1.807) is 7.11 Å². The molecule has 1 fully saturated rings. The topological polar surface area (TPSA) is 48.4 Å². The van der Waals surface area contributed by atoms with Gasteiger partial charge in [0.25, 0.3) is 0 Å². The molecule has 1 aromatic heterocycles. The van der Waals surface area contributed by atoms with Crippen LogP contribution in [0, 0.1) is 5.92 Å². The highest BCUT2D eigenvalue weighted by Gasteiger charge is 2.31. The van der Waals surface area contributed by atoms with Crippen LogP contribution in [-0.4, -0.2) is 18.1 Å². The molecule has 20 heavy (non-hydrogen) atoms. The lowest BCUT2D eigenvalue weighted by Gasteiger charge is -2.02. The van der Waals surface area contributed by atoms with Gasteiger partial charge in [0.05, 0.1) is 18.7 Å². The summed E-state index contributed by atoms with van der Waals surface area (Å²) in [6.45, 7) is 0.260. The number of rotatable bonds is 5. The molecular formula is C15H15NO3S. The van der Waals surface area contributed by atoms with Gasteiger partial charge in [-0.3, -0.25) is 4.79 Å². The van der Waals surface area contributed by atoms with Gasteiger partial charge in [0.15, 0.2) is 0 Å². The van der Waals surface area contributed by atoms with Crippen molar-refractivity contribution in [3.8, 4) is 16.3 Å². The molecule has 0 amide bonds. The summed E-state index contributed by atoms with van der Waals surface area (Å²) in [7, 11) is 1.64. The zero-order valence-electron chi connectivity index (χ0n) is 11.2. The third-order valence-electron chi connectivity index (χ3n) is 3.14. The second-order valence-corrected chi connectivity index (χ2v) is 5.62. The summed E-state index contributed by atoms with van der Waals surface area (Å²) in [5.41, 5.74) is 1.80. The third-order valence-corrected chi connectivity index (χ3v) is 4.08. The van der Waals surface area contributed by atoms with E-state index >= 15 is 0 Å². The summed E-state index contributed by atoms with van der Waals surface area (Å²) in [6, 6.07) is 7.76. The highest BCUT2D eigenvalue weighted by molar-refractivity contribution is 7.13. The van der Waals surface area contributed by atoms with Crippen molar-refractivity contribution in [2.45, 2.75) is 19.4 Å². The van der Waals surface area contributed by atoms with Crippen LogP contribution in [0.15, 0.2) is 29.6 Å². The van der Waals surface area contributed by atoms with Gasteiger partial charge in [-0.25, -0.2) is 4.98 Å². The van der Waals surface area contributed by atoms with Crippen LogP contribution in [0.25, 0.3) is 10.6 Å². The molecule has 0 aliphatic heterocycles. The van der Waals surface area contributed by atoms with Crippen LogP contribution >= 0.6 is 11.3 Å². The molecule has 0 spiro atoms. The largest absolute Gasteiger partial charge is 0.497 e. The number of carbonyl (C=O) groups is 1. The van der Waals surface area contributed by atoms with Crippen molar-refractivity contribution in [3.63, 3.8) is 0 Å². The van der Waals surface area contributed by atoms with E-state index in [0.717, 1.165) is 34.9 Å². The van der Waals surface area contributed by atoms with Crippen LogP contribution in [0.1, 0.15) is 18.5 Å². The Balaban J connectivity index is 1.67. The Bertz CT molecular complexity index is 619. The Kier molecular flexibility index (Phi) is 3.69. The first-order valence-electron chi connectivity index (χ1n) is 6.52. The lowest BCUT2D eigenvalue weighted by Crippen LogP contribution is -2.06. The predicted octanol–water partition coefficient (Wildman–Crippen LogP) is 3.27. The zero-order valence-corrected chi connectivity index (χ0v) is 12.0. The number of carbonyl (C=O) groups excluding carboxylic acids is 1. The first-order chi connectivity index (χ1) is 9.76. The SMILES string of the molecule is COc1cccc(-c2nc(COC(=O)C3CC3)cs2)c1. The summed E-state index contributed by atoms with van der Waals surface area (Å²) < 4.78 is 10.4. The second-order valence-electron chi connectivity index (χ2n) is 4.76. The molecular weight excluding hydrogens is 274 g/mol. The molecule has 0 saturated heterocycles. The number of benzene rings is 1. The molecule has 1 saturated carbocycles. The van der Waals surface area contributed by atoms with Gasteiger partial charge >= 0.3 is 5.97 Å². The molecule has 104 valence electrons. The van der Waals surface area contributed by atoms with Gasteiger partial charge in [-0.1, -0.05) is 12.1 Å². The summed E-state index contributed by atoms with van der Waals surface area (Å²) in [4.78, 5) is 16.0. The number of methoxy groups -OCH3 is 1. The van der Waals surface area contributed by atoms with Crippen LogP contribution in [0.3, 0.4) is 0 Å². The number of aromatic nitrogens is 1. The Morgan fingerprint density at radius 1 is 1.45 bits per heavy atom. The minimum Gasteiger partial charge on any atom is -0.497 e. The molecule has 3 rings (SSSR count). The van der Waals surface area contributed by atoms with Gasteiger partial charge in [-0.2, -0.15) is 0 Å². The molecule has 2 aromatic rings. The summed E-state index contributed by atoms with van der Waals surface area (Å²) in [6.07, 6.45) is 1.93. The number of nitrogens with zero attached hydrogens (tertiary/aromatic N) is 1. The smallest absolute Gasteiger partial charge is 0.309 e. The molecule has 0 radical (unpaired) electrons. The predicted molar refractivity (Wildman–Crippen MR) is 76.6 cm³/mol. The molecule has 1 aliphatic carbocycles. The van der Waals surface area contributed by atoms with Gasteiger partial charge in [0.1, 0.15) is 17.4 Å². The number of thiazole rings is 1. The van der Waals surface area contributed by atoms with E-state index in [1.807, 2.05) is 29.6 Å². The maximum atomic E-state index is 11.5. The molecule has 1 aliphatic rings. The maximum Gasteiger partial charge on any atom is 0.309 e. The van der Waals surface area contributed by atoms with E-state index < -0.39 is 0 Å². The highest BCUT2D eigenvalue weighted by atomic mass is 32.1. The lowest BCUT2D eigenvalue weighted by molar-refractivity contribution is -0.146. The maximum absolute atomic E-state index is 11.5. The Morgan fingerprint density at radius 3 is 3.05 bits per heavy atom. The third kappa shape index (κ3) is 2.99. The first kappa shape index (κ1) is 13.1. The first-order valence-corrected chi connectivity index (χ1v) is 7.39. The van der Waals surface area contributed by atoms with E-state index in [-0.39, 0.29) is 18.5 Å². The van der Waals surface area contributed by atoms with E-state index in [2.05, 4.69) is 4.98 Å². The lowest BCUT2D eigenvalue weighted by atomic mass is 10.2. The summed E-state index contributed by atoms with van der Waals surface area (Å²) in [5, 5.41) is 2.83. The van der Waals surface area contributed by atoms with Crippen molar-refractivity contribution in [2.75, 3.05) is 7.11 Å². The highest BCUT2D eigenvalue weighted by Crippen LogP contribution is 2.31. The molecule has 1 heterocycles. The van der Waals surface area contributed by atoms with Crippen molar-refractivity contribution in [2.24, 2.45) is 5.92 Å². The molecule has 1 aromatic carbocycles. The monoisotopic (exact) mass is 289 g/mol. The quantitative estimate of drug-likeness (QED) is 0.793. The van der Waals surface area contributed by atoms with Crippen molar-refractivity contribution in [3.05, 3.63) is 35.3 Å². The van der Waals surface area contributed by atoms with E-state index in [1.165, 1.54) is 11.3 Å². The van der Waals surface area contributed by atoms with Crippen LogP contribution in [-0.2, 0) is 16.1 Å². The van der Waals surface area contributed by atoms with Gasteiger partial charge in [-0.15, -0.1) is 11.3 Å². The molecule has 0 atom stereocenters. The fourth-order valence-corrected chi connectivity index (χ4v) is 2.65. The second kappa shape index (κ2) is 5.63. The fraction of sp³-hybridized carbons (Fsp3) is 0.333. The van der Waals surface area contributed by atoms with Crippen LogP contribution in [0.2, 0.25) is 0 Å². The summed E-state index contributed by atoms with van der Waals surface area (Å²) in [5.74, 6) is 0.840. The van der Waals surface area contributed by atoms with Crippen LogP contribution in [0.5, 0.6) is 5.75 Å². The van der Waals surface area contributed by atoms with Crippen molar-refractivity contribution >= 4 is 17.3 Å². The van der Waals surface area contributed by atoms with Gasteiger partial charge in [0, 0.05) is 10.9 Å². The molecule has 0 bridgehead atoms. The summed E-state index contributed by atoms with van der Waals surface area (Å²) >= 11 is 1.54. The normalized spacial score (nSPS) is 14.1. The van der Waals surface area contributed by atoms with Crippen molar-refractivity contribution in [1.82, 2.24) is 4.98 Å².